The van der Waals surface area contributed by atoms with Crippen molar-refractivity contribution in [3.8, 4) is 0 Å². The maximum absolute atomic E-state index is 9.09. The number of allylic oxidation sites excluding steroid dienone is 1. The molecule has 150 valence electrons. The molecule has 6 heteroatoms. The highest BCUT2D eigenvalue weighted by Crippen LogP contribution is 2.47. The lowest BCUT2D eigenvalue weighted by Gasteiger charge is -2.39. The van der Waals surface area contributed by atoms with Gasteiger partial charge in [-0.3, -0.25) is 4.90 Å². The summed E-state index contributed by atoms with van der Waals surface area (Å²) in [6.07, 6.45) is 7.65. The van der Waals surface area contributed by atoms with Crippen LogP contribution in [0.15, 0.2) is 11.6 Å². The Balaban J connectivity index is 1.82. The van der Waals surface area contributed by atoms with E-state index in [1.165, 1.54) is 36.1 Å². The highest BCUT2D eigenvalue weighted by atomic mass is 16.3. The first kappa shape index (κ1) is 20.1. The van der Waals surface area contributed by atoms with Gasteiger partial charge in [-0.2, -0.15) is 4.98 Å². The molecule has 1 aliphatic heterocycles. The maximum atomic E-state index is 9.09. The van der Waals surface area contributed by atoms with Crippen LogP contribution in [0.1, 0.15) is 50.8 Å². The molecule has 1 saturated heterocycles. The fourth-order valence-corrected chi connectivity index (χ4v) is 4.22. The first-order valence-corrected chi connectivity index (χ1v) is 10.2. The Morgan fingerprint density at radius 1 is 1.22 bits per heavy atom. The topological polar surface area (TPSA) is 64.5 Å². The lowest BCUT2D eigenvalue weighted by Crippen LogP contribution is -2.42. The van der Waals surface area contributed by atoms with Crippen LogP contribution < -0.4 is 10.2 Å². The number of rotatable bonds is 7. The van der Waals surface area contributed by atoms with E-state index in [0.717, 1.165) is 50.8 Å². The van der Waals surface area contributed by atoms with E-state index < -0.39 is 0 Å². The number of piperidine rings is 1. The average Bonchev–Trinajstić information content (AvgIpc) is 3.00. The van der Waals surface area contributed by atoms with Crippen LogP contribution in [-0.4, -0.2) is 66.9 Å². The molecule has 2 heterocycles. The lowest BCUT2D eigenvalue weighted by molar-refractivity contribution is 0.169. The van der Waals surface area contributed by atoms with Crippen molar-refractivity contribution in [1.82, 2.24) is 14.9 Å². The molecule has 2 aliphatic rings. The van der Waals surface area contributed by atoms with E-state index in [1.807, 2.05) is 19.0 Å². The summed E-state index contributed by atoms with van der Waals surface area (Å²) in [6, 6.07) is 0. The Morgan fingerprint density at radius 2 is 1.96 bits per heavy atom. The molecule has 0 amide bonds. The van der Waals surface area contributed by atoms with Gasteiger partial charge in [0.15, 0.2) is 0 Å². The number of nitrogens with one attached hydrogen (secondary N) is 1. The minimum Gasteiger partial charge on any atom is -0.396 e. The first-order valence-electron chi connectivity index (χ1n) is 10.2. The smallest absolute Gasteiger partial charge is 0.227 e. The van der Waals surface area contributed by atoms with Crippen molar-refractivity contribution >= 4 is 11.8 Å². The zero-order valence-corrected chi connectivity index (χ0v) is 17.4. The number of aliphatic hydroxyl groups is 1. The second-order valence-corrected chi connectivity index (χ2v) is 8.46. The first-order chi connectivity index (χ1) is 12.9. The van der Waals surface area contributed by atoms with Gasteiger partial charge >= 0.3 is 0 Å². The Morgan fingerprint density at radius 3 is 2.59 bits per heavy atom. The molecule has 0 unspecified atom stereocenters. The van der Waals surface area contributed by atoms with Gasteiger partial charge in [-0.25, -0.2) is 4.98 Å². The van der Waals surface area contributed by atoms with Gasteiger partial charge in [0.1, 0.15) is 5.82 Å². The van der Waals surface area contributed by atoms with E-state index >= 15 is 0 Å². The second-order valence-electron chi connectivity index (χ2n) is 8.46. The number of nitrogens with zero attached hydrogens (tertiary/aromatic N) is 4. The standard InChI is InChI=1S/C21H35N5O/c1-16(2)7-12-26-13-9-21(10-14-26)8-6-17-18(21)23-20(25(3)4)24-19(17)22-11-5-15-27/h7,27H,5-6,8-15H2,1-4H3,(H,22,23,24). The highest BCUT2D eigenvalue weighted by molar-refractivity contribution is 5.55. The van der Waals surface area contributed by atoms with Crippen LogP contribution in [0.25, 0.3) is 0 Å². The molecule has 1 fully saturated rings. The largest absolute Gasteiger partial charge is 0.396 e. The third-order valence-electron chi connectivity index (χ3n) is 5.95. The normalized spacial score (nSPS) is 18.4. The molecule has 0 bridgehead atoms. The van der Waals surface area contributed by atoms with E-state index in [1.54, 1.807) is 0 Å². The molecule has 1 aromatic rings. The molecule has 0 saturated carbocycles. The van der Waals surface area contributed by atoms with Crippen LogP contribution in [0.5, 0.6) is 0 Å². The number of aromatic nitrogens is 2. The zero-order chi connectivity index (χ0) is 19.4. The number of likely N-dealkylation sites (tertiary alicyclic amines) is 1. The van der Waals surface area contributed by atoms with Crippen LogP contribution in [0.3, 0.4) is 0 Å². The number of fused-ring (bicyclic) bond motifs is 2. The molecule has 2 N–H and O–H groups in total. The fraction of sp³-hybridized carbons (Fsp3) is 0.714. The molecular weight excluding hydrogens is 338 g/mol. The van der Waals surface area contributed by atoms with Gasteiger partial charge < -0.3 is 15.3 Å². The summed E-state index contributed by atoms with van der Waals surface area (Å²) in [5.41, 5.74) is 4.17. The van der Waals surface area contributed by atoms with E-state index in [0.29, 0.717) is 0 Å². The summed E-state index contributed by atoms with van der Waals surface area (Å²) in [7, 11) is 4.01. The van der Waals surface area contributed by atoms with Gasteiger partial charge in [0.25, 0.3) is 0 Å². The fourth-order valence-electron chi connectivity index (χ4n) is 4.22. The average molecular weight is 374 g/mol. The predicted octanol–water partition coefficient (Wildman–Crippen LogP) is 2.58. The van der Waals surface area contributed by atoms with Crippen LogP contribution in [-0.2, 0) is 11.8 Å². The van der Waals surface area contributed by atoms with Crippen molar-refractivity contribution in [1.29, 1.82) is 0 Å². The monoisotopic (exact) mass is 373 g/mol. The van der Waals surface area contributed by atoms with Crippen LogP contribution in [0.2, 0.25) is 0 Å². The van der Waals surface area contributed by atoms with Crippen molar-refractivity contribution in [3.05, 3.63) is 22.9 Å². The van der Waals surface area contributed by atoms with Crippen molar-refractivity contribution in [2.24, 2.45) is 0 Å². The number of anilines is 2. The Hall–Kier alpha value is -1.66. The van der Waals surface area contributed by atoms with Gasteiger partial charge in [0.2, 0.25) is 5.95 Å². The Labute approximate surface area is 163 Å². The summed E-state index contributed by atoms with van der Waals surface area (Å²) < 4.78 is 0. The van der Waals surface area contributed by atoms with Gasteiger partial charge in [0, 0.05) is 44.8 Å². The molecule has 0 atom stereocenters. The van der Waals surface area contributed by atoms with E-state index in [2.05, 4.69) is 30.1 Å². The van der Waals surface area contributed by atoms with Gasteiger partial charge in [-0.1, -0.05) is 11.6 Å². The molecule has 0 radical (unpaired) electrons. The van der Waals surface area contributed by atoms with E-state index in [-0.39, 0.29) is 12.0 Å². The molecule has 3 rings (SSSR count). The predicted molar refractivity (Wildman–Crippen MR) is 112 cm³/mol. The van der Waals surface area contributed by atoms with Gasteiger partial charge in [-0.15, -0.1) is 0 Å². The number of hydrogen-bond acceptors (Lipinski definition) is 6. The second kappa shape index (κ2) is 8.57. The molecule has 6 nitrogen and oxygen atoms in total. The summed E-state index contributed by atoms with van der Waals surface area (Å²) in [4.78, 5) is 14.3. The third kappa shape index (κ3) is 4.43. The van der Waals surface area contributed by atoms with Crippen molar-refractivity contribution in [2.45, 2.75) is 51.4 Å². The van der Waals surface area contributed by atoms with Crippen molar-refractivity contribution < 1.29 is 5.11 Å². The van der Waals surface area contributed by atoms with Gasteiger partial charge in [-0.05, 0) is 59.0 Å². The zero-order valence-electron chi connectivity index (χ0n) is 17.4. The van der Waals surface area contributed by atoms with Crippen LogP contribution in [0, 0.1) is 0 Å². The minimum atomic E-state index is 0.201. The molecule has 0 aromatic carbocycles. The maximum Gasteiger partial charge on any atom is 0.227 e. The quantitative estimate of drug-likeness (QED) is 0.566. The summed E-state index contributed by atoms with van der Waals surface area (Å²) in [5, 5.41) is 12.5. The lowest BCUT2D eigenvalue weighted by atomic mass is 9.76. The Kier molecular flexibility index (Phi) is 6.37. The minimum absolute atomic E-state index is 0.201. The molecule has 27 heavy (non-hydrogen) atoms. The van der Waals surface area contributed by atoms with Gasteiger partial charge in [0.05, 0.1) is 5.69 Å². The molecular formula is C21H35N5O. The molecule has 1 aromatic heterocycles. The number of aliphatic hydroxyl groups excluding tert-OH is 1. The highest BCUT2D eigenvalue weighted by Gasteiger charge is 2.44. The summed E-state index contributed by atoms with van der Waals surface area (Å²) in [6.45, 7) is 8.62. The Bertz CT molecular complexity index is 673. The SMILES string of the molecule is CC(C)=CCN1CCC2(CCc3c(NCCCO)nc(N(C)C)nc32)CC1. The van der Waals surface area contributed by atoms with Crippen molar-refractivity contribution in [2.75, 3.05) is 57.1 Å². The molecule has 1 spiro atoms. The molecule has 1 aliphatic carbocycles. The summed E-state index contributed by atoms with van der Waals surface area (Å²) in [5.74, 6) is 1.76. The summed E-state index contributed by atoms with van der Waals surface area (Å²) >= 11 is 0. The van der Waals surface area contributed by atoms with Crippen molar-refractivity contribution in [3.63, 3.8) is 0 Å². The number of hydrogen-bond donors (Lipinski definition) is 2. The van der Waals surface area contributed by atoms with E-state index in [9.17, 15) is 0 Å². The van der Waals surface area contributed by atoms with E-state index in [4.69, 9.17) is 15.1 Å². The van der Waals surface area contributed by atoms with Crippen LogP contribution >= 0.6 is 0 Å². The third-order valence-corrected chi connectivity index (χ3v) is 5.95. The van der Waals surface area contributed by atoms with Crippen LogP contribution in [0.4, 0.5) is 11.8 Å².